The van der Waals surface area contributed by atoms with Gasteiger partial charge < -0.3 is 67.4 Å². The lowest BCUT2D eigenvalue weighted by Gasteiger charge is -2.50. The monoisotopic (exact) mass is 1030 g/mol. The molecule has 0 spiro atoms. The van der Waals surface area contributed by atoms with Gasteiger partial charge in [-0.2, -0.15) is 0 Å². The third-order valence-corrected chi connectivity index (χ3v) is 14.2. The topological polar surface area (TPSA) is 228 Å². The van der Waals surface area contributed by atoms with Crippen molar-refractivity contribution in [2.45, 2.75) is 179 Å². The van der Waals surface area contributed by atoms with E-state index in [2.05, 4.69) is 22.0 Å². The number of carbonyl (C=O) groups excluding carboxylic acids is 5. The average molecular weight is 1030 g/mol. The predicted octanol–water partition coefficient (Wildman–Crippen LogP) is 4.73. The van der Waals surface area contributed by atoms with Crippen LogP contribution in [-0.4, -0.2) is 182 Å². The second kappa shape index (κ2) is 27.9. The molecule has 0 saturated carbocycles. The van der Waals surface area contributed by atoms with Crippen LogP contribution in [0.15, 0.2) is 48.7 Å². The zero-order chi connectivity index (χ0) is 53.6. The molecule has 0 radical (unpaired) electrons. The van der Waals surface area contributed by atoms with Crippen LogP contribution in [0.25, 0.3) is 10.9 Å². The van der Waals surface area contributed by atoms with Crippen molar-refractivity contribution in [3.8, 4) is 0 Å². The van der Waals surface area contributed by atoms with Crippen molar-refractivity contribution in [3.05, 3.63) is 54.2 Å². The number of aliphatic hydroxyl groups excluding tert-OH is 1. The highest BCUT2D eigenvalue weighted by Gasteiger charge is 2.53. The first-order valence-electron chi connectivity index (χ1n) is 25.7. The number of methoxy groups -OCH3 is 1. The summed E-state index contributed by atoms with van der Waals surface area (Å²) in [6.45, 7) is 12.4. The number of aromatic nitrogens is 1. The number of fused-ring (bicyclic) bond motifs is 1. The summed E-state index contributed by atoms with van der Waals surface area (Å²) in [4.78, 5) is 73.1. The molecule has 2 N–H and O–H groups in total. The van der Waals surface area contributed by atoms with E-state index in [-0.39, 0.29) is 44.6 Å². The van der Waals surface area contributed by atoms with E-state index in [0.29, 0.717) is 25.9 Å². The number of benzene rings is 1. The maximum Gasteiger partial charge on any atom is 0.309 e. The summed E-state index contributed by atoms with van der Waals surface area (Å²) in [6.07, 6.45) is -3.99. The number of nitrogens with zero attached hydrogens (tertiary/aromatic N) is 3. The van der Waals surface area contributed by atoms with Crippen LogP contribution in [0.3, 0.4) is 0 Å². The second-order valence-electron chi connectivity index (χ2n) is 20.4. The maximum absolute atomic E-state index is 13.9. The van der Waals surface area contributed by atoms with E-state index >= 15 is 0 Å². The van der Waals surface area contributed by atoms with E-state index < -0.39 is 121 Å². The molecule has 0 aliphatic carbocycles. The Kier molecular flexibility index (Phi) is 22.7. The summed E-state index contributed by atoms with van der Waals surface area (Å²) < 4.78 is 55.6. The lowest BCUT2D eigenvalue weighted by molar-refractivity contribution is -0.344. The minimum atomic E-state index is -1.51. The summed E-state index contributed by atoms with van der Waals surface area (Å²) >= 11 is 0. The number of hydrogen-bond donors (Lipinski definition) is 2. The van der Waals surface area contributed by atoms with Gasteiger partial charge in [0.05, 0.1) is 42.9 Å². The number of likely N-dealkylation sites (N-methyl/N-ethyl adjacent to an activating group) is 2. The Morgan fingerprint density at radius 3 is 2.32 bits per heavy atom. The van der Waals surface area contributed by atoms with Crippen LogP contribution < -0.4 is 0 Å². The third kappa shape index (κ3) is 16.5. The molecule has 3 saturated heterocycles. The highest BCUT2D eigenvalue weighted by molar-refractivity contribution is 5.82. The summed E-state index contributed by atoms with van der Waals surface area (Å²) in [5.41, 5.74) is 0.504. The van der Waals surface area contributed by atoms with E-state index in [1.54, 1.807) is 59.8 Å². The fourth-order valence-corrected chi connectivity index (χ4v) is 10.5. The number of esters is 4. The molecule has 19 heteroatoms. The quantitative estimate of drug-likeness (QED) is 0.100. The Bertz CT molecular complexity index is 2130. The van der Waals surface area contributed by atoms with E-state index in [1.165, 1.54) is 14.0 Å². The van der Waals surface area contributed by atoms with Gasteiger partial charge in [-0.25, -0.2) is 0 Å². The van der Waals surface area contributed by atoms with Crippen molar-refractivity contribution >= 4 is 41.1 Å². The van der Waals surface area contributed by atoms with Crippen LogP contribution in [0.2, 0.25) is 0 Å². The number of hydrogen-bond acceptors (Lipinski definition) is 19. The summed E-state index contributed by atoms with van der Waals surface area (Å²) in [5.74, 6) is -3.48. The predicted molar refractivity (Wildman–Crippen MR) is 268 cm³/mol. The standard InChI is InChI=1S/C54H81N3O16/c1-12-43(60)70-41-28-45(62)66-26-23-36(17-16-18-37-21-24-55-40-20-15-14-19-39(37)40)30-57(10)31-42(69-35(6)59)32(3)27-38(22-25-58)50(51(41)65-11)73-53-48(63)47(56(8)9)49(33(4)68-53)72-46-29-54(7,64)52(34(5)67-46)71-44(61)13-2/h14-17,19-21,24-25,32-34,36,38,41-42,46-53,63-64H,12-13,18,22-23,26-31H2,1-11H3/t32-,33?,34?,36?,38+,41-,42+,46+,47?,48?,49-,50+,51+,52+,53+,54?/m1/s1. The molecule has 1 aromatic carbocycles. The molecule has 408 valence electrons. The third-order valence-electron chi connectivity index (χ3n) is 14.2. The Labute approximate surface area is 430 Å². The van der Waals surface area contributed by atoms with Gasteiger partial charge in [-0.1, -0.05) is 51.1 Å². The van der Waals surface area contributed by atoms with Gasteiger partial charge in [0.15, 0.2) is 18.7 Å². The van der Waals surface area contributed by atoms with Crippen LogP contribution in [0.4, 0.5) is 0 Å². The van der Waals surface area contributed by atoms with Gasteiger partial charge in [-0.3, -0.25) is 24.2 Å². The Morgan fingerprint density at radius 1 is 0.945 bits per heavy atom. The van der Waals surface area contributed by atoms with Crippen molar-refractivity contribution in [2.24, 2.45) is 17.8 Å². The van der Waals surface area contributed by atoms with Gasteiger partial charge in [0.25, 0.3) is 0 Å². The number of cyclic esters (lactones) is 1. The summed E-state index contributed by atoms with van der Waals surface area (Å²) in [7, 11) is 6.82. The molecule has 0 amide bonds. The van der Waals surface area contributed by atoms with Crippen LogP contribution in [0, 0.1) is 17.8 Å². The molecule has 73 heavy (non-hydrogen) atoms. The average Bonchev–Trinajstić information content (AvgIpc) is 3.32. The first-order chi connectivity index (χ1) is 34.7. The largest absolute Gasteiger partial charge is 0.466 e. The van der Waals surface area contributed by atoms with E-state index in [1.807, 2.05) is 44.3 Å². The number of aldehydes is 1. The van der Waals surface area contributed by atoms with Gasteiger partial charge in [0.2, 0.25) is 0 Å². The SMILES string of the molecule is CCC(=O)O[C@@H]1CC(=O)OCCC(C=CCc2ccnc3ccccc23)CN(C)C[C@H](OC(C)=O)[C@H](C)C[C@H](CC=O)[C@H](O[C@@H]2OC(C)[C@@H](O[C@H]3CC(C)(O)[C@@H](OC(=O)CC)C(C)O3)C(N(C)C)C2O)[C@H]1OC. The number of para-hydroxylation sites is 1. The molecular formula is C54H81N3O16. The fourth-order valence-electron chi connectivity index (χ4n) is 10.5. The number of rotatable bonds is 16. The molecule has 2 aromatic rings. The van der Waals surface area contributed by atoms with Crippen molar-refractivity contribution in [1.29, 1.82) is 0 Å². The number of pyridine rings is 1. The lowest BCUT2D eigenvalue weighted by atomic mass is 9.82. The Balaban J connectivity index is 1.46. The second-order valence-corrected chi connectivity index (χ2v) is 20.4. The van der Waals surface area contributed by atoms with Crippen molar-refractivity contribution < 1.29 is 76.8 Å². The lowest BCUT2D eigenvalue weighted by Crippen LogP contribution is -2.66. The first-order valence-corrected chi connectivity index (χ1v) is 25.7. The van der Waals surface area contributed by atoms with Crippen LogP contribution in [0.1, 0.15) is 99.0 Å². The van der Waals surface area contributed by atoms with Gasteiger partial charge in [-0.15, -0.1) is 0 Å². The number of allylic oxidation sites excluding steroid dienone is 1. The van der Waals surface area contributed by atoms with E-state index in [0.717, 1.165) is 22.8 Å². The van der Waals surface area contributed by atoms with Gasteiger partial charge in [0, 0.05) is 64.4 Å². The fraction of sp³-hybridized carbons (Fsp3) is 0.704. The zero-order valence-electron chi connectivity index (χ0n) is 44.6. The smallest absolute Gasteiger partial charge is 0.309 e. The number of aliphatic hydroxyl groups is 2. The number of carbonyl (C=O) groups is 5. The molecule has 1 aromatic heterocycles. The molecule has 3 fully saturated rings. The first kappa shape index (κ1) is 59.4. The van der Waals surface area contributed by atoms with Crippen LogP contribution in [-0.2, 0) is 73.0 Å². The molecule has 4 heterocycles. The van der Waals surface area contributed by atoms with Crippen LogP contribution >= 0.6 is 0 Å². The van der Waals surface area contributed by atoms with Crippen molar-refractivity contribution in [2.75, 3.05) is 47.9 Å². The zero-order valence-corrected chi connectivity index (χ0v) is 44.6. The van der Waals surface area contributed by atoms with E-state index in [4.69, 9.17) is 42.6 Å². The molecule has 0 bridgehead atoms. The summed E-state index contributed by atoms with van der Waals surface area (Å²) in [6, 6.07) is 9.14. The molecule has 16 atom stereocenters. The maximum atomic E-state index is 13.9. The van der Waals surface area contributed by atoms with E-state index in [9.17, 15) is 34.2 Å². The molecule has 5 rings (SSSR count). The van der Waals surface area contributed by atoms with Gasteiger partial charge in [0.1, 0.15) is 42.4 Å². The molecule has 3 aliphatic rings. The van der Waals surface area contributed by atoms with Crippen LogP contribution in [0.5, 0.6) is 0 Å². The van der Waals surface area contributed by atoms with Gasteiger partial charge in [-0.05, 0) is 96.6 Å². The highest BCUT2D eigenvalue weighted by atomic mass is 16.7. The van der Waals surface area contributed by atoms with Gasteiger partial charge >= 0.3 is 23.9 Å². The molecule has 3 aliphatic heterocycles. The Morgan fingerprint density at radius 2 is 1.66 bits per heavy atom. The highest BCUT2D eigenvalue weighted by Crippen LogP contribution is 2.38. The normalized spacial score (nSPS) is 34.5. The minimum absolute atomic E-state index is 0.0273. The molecule has 19 nitrogen and oxygen atoms in total. The Hall–Kier alpha value is -4.44. The molecule has 6 unspecified atom stereocenters. The summed E-state index contributed by atoms with van der Waals surface area (Å²) in [5, 5.41) is 24.8. The van der Waals surface area contributed by atoms with Crippen molar-refractivity contribution in [1.82, 2.24) is 14.8 Å². The molecular weight excluding hydrogens is 947 g/mol. The minimum Gasteiger partial charge on any atom is -0.466 e. The van der Waals surface area contributed by atoms with Crippen molar-refractivity contribution in [3.63, 3.8) is 0 Å². The number of ether oxygens (including phenoxy) is 9.